The summed E-state index contributed by atoms with van der Waals surface area (Å²) >= 11 is 0. The summed E-state index contributed by atoms with van der Waals surface area (Å²) < 4.78 is 19.3. The highest BCUT2D eigenvalue weighted by Crippen LogP contribution is 2.44. The number of nitrogen functional groups attached to an aromatic ring is 1. The summed E-state index contributed by atoms with van der Waals surface area (Å²) in [6.07, 6.45) is -1.09. The topological polar surface area (TPSA) is 90.1 Å². The average Bonchev–Trinajstić information content (AvgIpc) is 2.72. The van der Waals surface area contributed by atoms with Gasteiger partial charge in [0.2, 0.25) is 0 Å². The number of nitrogens with zero attached hydrogens (tertiary/aromatic N) is 2. The van der Waals surface area contributed by atoms with Gasteiger partial charge in [0.25, 0.3) is 0 Å². The Kier molecular flexibility index (Phi) is 5.59. The normalized spacial score (nSPS) is 20.3. The van der Waals surface area contributed by atoms with Crippen LogP contribution in [0.2, 0.25) is 0 Å². The Labute approximate surface area is 187 Å². The van der Waals surface area contributed by atoms with Crippen LogP contribution in [0.15, 0.2) is 60.7 Å². The van der Waals surface area contributed by atoms with Gasteiger partial charge in [-0.25, -0.2) is 9.18 Å². The van der Waals surface area contributed by atoms with Gasteiger partial charge in [0, 0.05) is 24.0 Å². The standard InChI is InChI=1S/C25H27FN4O2/c1-24(2,3)32-23(31)28-25(14-19(26)15-25)18-11-9-17(10-12-18)22-20(13-21(27)29-30-22)16-7-5-4-6-8-16/h4-13,19H,14-15H2,1-3H3,(H2,27,29)(H,28,31). The Morgan fingerprint density at radius 3 is 2.31 bits per heavy atom. The van der Waals surface area contributed by atoms with Crippen LogP contribution in [0.4, 0.5) is 15.0 Å². The van der Waals surface area contributed by atoms with Crippen molar-refractivity contribution in [3.8, 4) is 22.4 Å². The van der Waals surface area contributed by atoms with Crippen LogP contribution in [0.25, 0.3) is 22.4 Å². The molecule has 1 aliphatic carbocycles. The van der Waals surface area contributed by atoms with Gasteiger partial charge in [-0.2, -0.15) is 0 Å². The van der Waals surface area contributed by atoms with Crippen LogP contribution < -0.4 is 11.1 Å². The van der Waals surface area contributed by atoms with E-state index in [4.69, 9.17) is 10.5 Å². The fraction of sp³-hybridized carbons (Fsp3) is 0.320. The van der Waals surface area contributed by atoms with Crippen molar-refractivity contribution >= 4 is 11.9 Å². The zero-order valence-corrected chi connectivity index (χ0v) is 18.4. The maximum absolute atomic E-state index is 13.9. The fourth-order valence-electron chi connectivity index (χ4n) is 4.01. The van der Waals surface area contributed by atoms with E-state index in [1.165, 1.54) is 0 Å². The van der Waals surface area contributed by atoms with E-state index in [9.17, 15) is 9.18 Å². The van der Waals surface area contributed by atoms with Crippen molar-refractivity contribution < 1.29 is 13.9 Å². The average molecular weight is 435 g/mol. The molecule has 0 saturated heterocycles. The molecule has 1 heterocycles. The lowest BCUT2D eigenvalue weighted by molar-refractivity contribution is 0.0202. The predicted molar refractivity (Wildman–Crippen MR) is 122 cm³/mol. The maximum atomic E-state index is 13.9. The minimum absolute atomic E-state index is 0.211. The number of benzene rings is 2. The Morgan fingerprint density at radius 2 is 1.72 bits per heavy atom. The first-order valence-electron chi connectivity index (χ1n) is 10.6. The highest BCUT2D eigenvalue weighted by Gasteiger charge is 2.48. The van der Waals surface area contributed by atoms with E-state index < -0.39 is 23.4 Å². The second kappa shape index (κ2) is 8.22. The number of carbonyl (C=O) groups is 1. The van der Waals surface area contributed by atoms with Crippen molar-refractivity contribution in [2.75, 3.05) is 5.73 Å². The molecule has 0 spiro atoms. The molecular formula is C25H27FN4O2. The van der Waals surface area contributed by atoms with Crippen molar-refractivity contribution in [2.45, 2.75) is 50.9 Å². The maximum Gasteiger partial charge on any atom is 0.408 e. The number of amides is 1. The summed E-state index contributed by atoms with van der Waals surface area (Å²) in [5, 5.41) is 11.2. The Hall–Kier alpha value is -3.48. The van der Waals surface area contributed by atoms with Crippen LogP contribution >= 0.6 is 0 Å². The second-order valence-corrected chi connectivity index (χ2v) is 9.19. The van der Waals surface area contributed by atoms with E-state index in [-0.39, 0.29) is 12.8 Å². The molecule has 0 unspecified atom stereocenters. The first-order chi connectivity index (χ1) is 15.2. The molecule has 2 aromatic carbocycles. The molecule has 1 fully saturated rings. The van der Waals surface area contributed by atoms with Crippen molar-refractivity contribution in [1.29, 1.82) is 0 Å². The first-order valence-corrected chi connectivity index (χ1v) is 10.6. The minimum atomic E-state index is -0.961. The number of hydrogen-bond donors (Lipinski definition) is 2. The first kappa shape index (κ1) is 21.7. The highest BCUT2D eigenvalue weighted by atomic mass is 19.1. The van der Waals surface area contributed by atoms with E-state index in [2.05, 4.69) is 15.5 Å². The number of halogens is 1. The molecule has 1 amide bonds. The highest BCUT2D eigenvalue weighted by molar-refractivity contribution is 5.81. The molecular weight excluding hydrogens is 407 g/mol. The van der Waals surface area contributed by atoms with Crippen LogP contribution in [0.1, 0.15) is 39.2 Å². The second-order valence-electron chi connectivity index (χ2n) is 9.19. The lowest BCUT2D eigenvalue weighted by Crippen LogP contribution is -2.56. The molecule has 1 aliphatic rings. The van der Waals surface area contributed by atoms with E-state index in [0.717, 1.165) is 22.3 Å². The molecule has 1 aromatic heterocycles. The SMILES string of the molecule is CC(C)(C)OC(=O)NC1(c2ccc(-c3nnc(N)cc3-c3ccccc3)cc2)CC(F)C1. The number of hydrogen-bond acceptors (Lipinski definition) is 5. The number of ether oxygens (including phenoxy) is 1. The predicted octanol–water partition coefficient (Wildman–Crippen LogP) is 5.24. The van der Waals surface area contributed by atoms with Crippen LogP contribution in [0, 0.1) is 0 Å². The molecule has 0 aliphatic heterocycles. The Bertz CT molecular complexity index is 1110. The largest absolute Gasteiger partial charge is 0.444 e. The number of carbonyl (C=O) groups excluding carboxylic acids is 1. The molecule has 7 heteroatoms. The third-order valence-electron chi connectivity index (χ3n) is 5.49. The molecule has 4 rings (SSSR count). The van der Waals surface area contributed by atoms with Gasteiger partial charge in [0.1, 0.15) is 23.3 Å². The molecule has 3 aromatic rings. The van der Waals surface area contributed by atoms with E-state index >= 15 is 0 Å². The Morgan fingerprint density at radius 1 is 1.06 bits per heavy atom. The minimum Gasteiger partial charge on any atom is -0.444 e. The summed E-state index contributed by atoms with van der Waals surface area (Å²) in [4.78, 5) is 12.4. The summed E-state index contributed by atoms with van der Waals surface area (Å²) in [6, 6.07) is 19.2. The zero-order chi connectivity index (χ0) is 22.9. The van der Waals surface area contributed by atoms with Crippen molar-refractivity contribution in [3.63, 3.8) is 0 Å². The van der Waals surface area contributed by atoms with E-state index in [0.29, 0.717) is 11.5 Å². The smallest absolute Gasteiger partial charge is 0.408 e. The number of nitrogens with two attached hydrogens (primary N) is 1. The quantitative estimate of drug-likeness (QED) is 0.586. The number of anilines is 1. The molecule has 0 radical (unpaired) electrons. The summed E-state index contributed by atoms with van der Waals surface area (Å²) in [7, 11) is 0. The summed E-state index contributed by atoms with van der Waals surface area (Å²) in [5.41, 5.74) is 8.71. The van der Waals surface area contributed by atoms with Gasteiger partial charge in [0.15, 0.2) is 0 Å². The summed E-state index contributed by atoms with van der Waals surface area (Å²) in [5.74, 6) is 0.341. The van der Waals surface area contributed by atoms with Gasteiger partial charge < -0.3 is 15.8 Å². The van der Waals surface area contributed by atoms with Gasteiger partial charge >= 0.3 is 6.09 Å². The molecule has 0 bridgehead atoms. The van der Waals surface area contributed by atoms with Gasteiger partial charge in [0.05, 0.1) is 5.54 Å². The van der Waals surface area contributed by atoms with Crippen molar-refractivity contribution in [2.24, 2.45) is 0 Å². The van der Waals surface area contributed by atoms with Gasteiger partial charge in [-0.1, -0.05) is 54.6 Å². The van der Waals surface area contributed by atoms with Gasteiger partial charge in [-0.3, -0.25) is 0 Å². The third-order valence-corrected chi connectivity index (χ3v) is 5.49. The van der Waals surface area contributed by atoms with Gasteiger partial charge in [-0.15, -0.1) is 10.2 Å². The van der Waals surface area contributed by atoms with Crippen LogP contribution in [0.5, 0.6) is 0 Å². The van der Waals surface area contributed by atoms with Crippen LogP contribution in [-0.2, 0) is 10.3 Å². The third kappa shape index (κ3) is 4.56. The van der Waals surface area contributed by atoms with Gasteiger partial charge in [-0.05, 0) is 38.0 Å². The van der Waals surface area contributed by atoms with Crippen molar-refractivity contribution in [3.05, 3.63) is 66.2 Å². The number of nitrogens with one attached hydrogen (secondary N) is 1. The molecule has 1 saturated carbocycles. The lowest BCUT2D eigenvalue weighted by Gasteiger charge is -2.45. The number of alkyl halides is 1. The van der Waals surface area contributed by atoms with E-state index in [1.54, 1.807) is 26.8 Å². The monoisotopic (exact) mass is 434 g/mol. The molecule has 32 heavy (non-hydrogen) atoms. The molecule has 166 valence electrons. The molecule has 0 atom stereocenters. The van der Waals surface area contributed by atoms with E-state index in [1.807, 2.05) is 54.6 Å². The lowest BCUT2D eigenvalue weighted by atomic mass is 9.70. The van der Waals surface area contributed by atoms with Crippen molar-refractivity contribution in [1.82, 2.24) is 15.5 Å². The number of rotatable bonds is 4. The number of alkyl carbamates (subject to hydrolysis) is 1. The van der Waals surface area contributed by atoms with Crippen LogP contribution in [-0.4, -0.2) is 28.1 Å². The molecule has 6 nitrogen and oxygen atoms in total. The summed E-state index contributed by atoms with van der Waals surface area (Å²) in [6.45, 7) is 5.39. The fourth-order valence-corrected chi connectivity index (χ4v) is 4.01. The molecule has 3 N–H and O–H groups in total. The zero-order valence-electron chi connectivity index (χ0n) is 18.4. The van der Waals surface area contributed by atoms with Crippen LogP contribution in [0.3, 0.4) is 0 Å². The number of aromatic nitrogens is 2. The Balaban J connectivity index is 1.64.